The number of ether oxygens (including phenoxy) is 3. The second-order valence-corrected chi connectivity index (χ2v) is 7.76. The molecule has 0 radical (unpaired) electrons. The van der Waals surface area contributed by atoms with Gasteiger partial charge in [-0.2, -0.15) is 13.2 Å². The van der Waals surface area contributed by atoms with E-state index in [0.29, 0.717) is 61.4 Å². The highest BCUT2D eigenvalue weighted by Gasteiger charge is 2.35. The second-order valence-electron chi connectivity index (χ2n) is 7.76. The van der Waals surface area contributed by atoms with Crippen molar-refractivity contribution in [3.63, 3.8) is 0 Å². The average molecular weight is 477 g/mol. The van der Waals surface area contributed by atoms with Crippen molar-refractivity contribution in [3.05, 3.63) is 35.5 Å². The van der Waals surface area contributed by atoms with E-state index in [1.165, 1.54) is 6.07 Å². The maximum absolute atomic E-state index is 13.4. The molecule has 180 valence electrons. The summed E-state index contributed by atoms with van der Waals surface area (Å²) in [4.78, 5) is 21.6. The monoisotopic (exact) mass is 477 g/mol. The van der Waals surface area contributed by atoms with Gasteiger partial charge in [-0.15, -0.1) is 0 Å². The zero-order valence-corrected chi connectivity index (χ0v) is 18.2. The molecule has 12 heteroatoms. The number of alkyl halides is 3. The van der Waals surface area contributed by atoms with Crippen LogP contribution in [-0.2, 0) is 10.9 Å². The van der Waals surface area contributed by atoms with Crippen LogP contribution in [0.3, 0.4) is 0 Å². The van der Waals surface area contributed by atoms with Gasteiger partial charge in [0, 0.05) is 37.6 Å². The molecule has 0 spiro atoms. The number of halogens is 3. The molecule has 0 atom stereocenters. The van der Waals surface area contributed by atoms with E-state index in [-0.39, 0.29) is 29.4 Å². The molecule has 2 aliphatic heterocycles. The Balaban J connectivity index is 1.49. The summed E-state index contributed by atoms with van der Waals surface area (Å²) in [5.41, 5.74) is 0.428. The fourth-order valence-corrected chi connectivity index (χ4v) is 4.09. The Bertz CT molecular complexity index is 1240. The Labute approximate surface area is 192 Å². The van der Waals surface area contributed by atoms with Gasteiger partial charge in [0.1, 0.15) is 11.5 Å². The number of aromatic amines is 1. The number of nitrogens with one attached hydrogen (secondary N) is 3. The lowest BCUT2D eigenvalue weighted by Crippen LogP contribution is -2.40. The molecule has 1 aromatic carbocycles. The number of anilines is 3. The number of H-pyrrole nitrogens is 1. The smallest absolute Gasteiger partial charge is 0.418 e. The Morgan fingerprint density at radius 1 is 1.18 bits per heavy atom. The number of benzene rings is 1. The molecule has 1 saturated heterocycles. The van der Waals surface area contributed by atoms with Gasteiger partial charge in [0.25, 0.3) is 5.91 Å². The van der Waals surface area contributed by atoms with E-state index in [9.17, 15) is 18.0 Å². The van der Waals surface area contributed by atoms with E-state index in [0.717, 1.165) is 6.20 Å². The molecule has 1 fully saturated rings. The fraction of sp³-hybridized carbons (Fsp3) is 0.364. The van der Waals surface area contributed by atoms with E-state index < -0.39 is 11.7 Å². The predicted octanol–water partition coefficient (Wildman–Crippen LogP) is 3.96. The minimum Gasteiger partial charge on any atom is -0.453 e. The van der Waals surface area contributed by atoms with Crippen molar-refractivity contribution in [1.29, 1.82) is 0 Å². The number of pyridine rings is 1. The molecule has 0 unspecified atom stereocenters. The zero-order chi connectivity index (χ0) is 23.9. The van der Waals surface area contributed by atoms with Gasteiger partial charge in [0.05, 0.1) is 35.4 Å². The third-order valence-electron chi connectivity index (χ3n) is 5.62. The first kappa shape index (κ1) is 22.1. The number of morpholine rings is 1. The summed E-state index contributed by atoms with van der Waals surface area (Å²) in [6.07, 6.45) is -3.61. The zero-order valence-electron chi connectivity index (χ0n) is 18.2. The lowest BCUT2D eigenvalue weighted by atomic mass is 10.1. The van der Waals surface area contributed by atoms with Gasteiger partial charge in [-0.05, 0) is 19.1 Å². The van der Waals surface area contributed by atoms with E-state index in [1.807, 2.05) is 0 Å². The van der Waals surface area contributed by atoms with Crippen molar-refractivity contribution in [2.24, 2.45) is 0 Å². The summed E-state index contributed by atoms with van der Waals surface area (Å²) >= 11 is 0. The molecule has 34 heavy (non-hydrogen) atoms. The number of aromatic nitrogens is 2. The Morgan fingerprint density at radius 3 is 2.68 bits per heavy atom. The van der Waals surface area contributed by atoms with Gasteiger partial charge in [-0.1, -0.05) is 0 Å². The maximum Gasteiger partial charge on any atom is 0.418 e. The maximum atomic E-state index is 13.4. The Kier molecular flexibility index (Phi) is 5.60. The molecule has 9 nitrogen and oxygen atoms in total. The standard InChI is InChI=1S/C22H22F3N5O4/c1-2-26-15-9-16(29-20-17(15)13(10-27-20)22(23,24)25)28-14-4-3-12(18-19(14)34-11-33-18)21(31)30-5-7-32-8-6-30/h3-4,9-10H,2,5-8,11H2,1H3,(H3,26,27,28,29). The van der Waals surface area contributed by atoms with Gasteiger partial charge in [0.2, 0.25) is 6.79 Å². The highest BCUT2D eigenvalue weighted by Crippen LogP contribution is 2.44. The highest BCUT2D eigenvalue weighted by molar-refractivity contribution is 6.00. The first-order valence-electron chi connectivity index (χ1n) is 10.8. The quantitative estimate of drug-likeness (QED) is 0.512. The van der Waals surface area contributed by atoms with Crippen LogP contribution in [-0.4, -0.2) is 60.4 Å². The van der Waals surface area contributed by atoms with Crippen LogP contribution in [0.15, 0.2) is 24.4 Å². The van der Waals surface area contributed by atoms with Gasteiger partial charge in [-0.3, -0.25) is 4.79 Å². The minimum absolute atomic E-state index is 0.0313. The minimum atomic E-state index is -4.52. The fourth-order valence-electron chi connectivity index (χ4n) is 4.09. The van der Waals surface area contributed by atoms with Crippen molar-refractivity contribution in [1.82, 2.24) is 14.9 Å². The van der Waals surface area contributed by atoms with Gasteiger partial charge in [-0.25, -0.2) is 4.98 Å². The number of hydrogen-bond donors (Lipinski definition) is 3. The first-order chi connectivity index (χ1) is 16.4. The number of hydrogen-bond acceptors (Lipinski definition) is 7. The van der Waals surface area contributed by atoms with Crippen LogP contribution in [0.2, 0.25) is 0 Å². The van der Waals surface area contributed by atoms with E-state index >= 15 is 0 Å². The summed E-state index contributed by atoms with van der Waals surface area (Å²) in [6, 6.07) is 4.80. The van der Waals surface area contributed by atoms with Crippen molar-refractivity contribution >= 4 is 34.1 Å². The third-order valence-corrected chi connectivity index (χ3v) is 5.62. The van der Waals surface area contributed by atoms with Gasteiger partial charge >= 0.3 is 6.18 Å². The number of nitrogens with zero attached hydrogens (tertiary/aromatic N) is 2. The third kappa shape index (κ3) is 3.94. The summed E-state index contributed by atoms with van der Waals surface area (Å²) in [7, 11) is 0. The number of carbonyl (C=O) groups is 1. The van der Waals surface area contributed by atoms with Crippen molar-refractivity contribution in [2.75, 3.05) is 50.3 Å². The van der Waals surface area contributed by atoms with E-state index in [1.54, 1.807) is 24.0 Å². The van der Waals surface area contributed by atoms with Crippen molar-refractivity contribution in [2.45, 2.75) is 13.1 Å². The molecule has 3 aromatic rings. The largest absolute Gasteiger partial charge is 0.453 e. The molecule has 0 saturated carbocycles. The number of rotatable bonds is 5. The summed E-state index contributed by atoms with van der Waals surface area (Å²) in [5.74, 6) is 0.766. The van der Waals surface area contributed by atoms with Crippen LogP contribution < -0.4 is 20.1 Å². The molecule has 2 aromatic heterocycles. The molecule has 3 N–H and O–H groups in total. The van der Waals surface area contributed by atoms with Crippen LogP contribution in [0.5, 0.6) is 11.5 Å². The van der Waals surface area contributed by atoms with Crippen molar-refractivity contribution in [3.8, 4) is 11.5 Å². The van der Waals surface area contributed by atoms with Crippen LogP contribution >= 0.6 is 0 Å². The van der Waals surface area contributed by atoms with Gasteiger partial charge in [0.15, 0.2) is 11.5 Å². The number of amides is 1. The average Bonchev–Trinajstić information content (AvgIpc) is 3.47. The van der Waals surface area contributed by atoms with Crippen LogP contribution in [0.4, 0.5) is 30.4 Å². The number of fused-ring (bicyclic) bond motifs is 2. The van der Waals surface area contributed by atoms with Crippen molar-refractivity contribution < 1.29 is 32.2 Å². The molecule has 5 rings (SSSR count). The molecule has 4 heterocycles. The Hall–Kier alpha value is -3.67. The van der Waals surface area contributed by atoms with E-state index in [4.69, 9.17) is 14.2 Å². The topological polar surface area (TPSA) is 101 Å². The molecular formula is C22H22F3N5O4. The van der Waals surface area contributed by atoms with Gasteiger partial charge < -0.3 is 34.7 Å². The summed E-state index contributed by atoms with van der Waals surface area (Å²) in [6.45, 7) is 4.08. The molecular weight excluding hydrogens is 455 g/mol. The lowest BCUT2D eigenvalue weighted by molar-refractivity contribution is -0.136. The second kappa shape index (κ2) is 8.60. The van der Waals surface area contributed by atoms with Crippen LogP contribution in [0, 0.1) is 0 Å². The predicted molar refractivity (Wildman–Crippen MR) is 118 cm³/mol. The lowest BCUT2D eigenvalue weighted by Gasteiger charge is -2.27. The first-order valence-corrected chi connectivity index (χ1v) is 10.8. The molecule has 1 amide bonds. The summed E-state index contributed by atoms with van der Waals surface area (Å²) in [5, 5.41) is 6.03. The Morgan fingerprint density at radius 2 is 1.94 bits per heavy atom. The molecule has 0 bridgehead atoms. The van der Waals surface area contributed by atoms with E-state index in [2.05, 4.69) is 20.6 Å². The molecule has 2 aliphatic rings. The normalized spacial score (nSPS) is 15.6. The number of carbonyl (C=O) groups excluding carboxylic acids is 1. The summed E-state index contributed by atoms with van der Waals surface area (Å²) < 4.78 is 56.8. The molecule has 0 aliphatic carbocycles. The van der Waals surface area contributed by atoms with Crippen LogP contribution in [0.25, 0.3) is 11.0 Å². The van der Waals surface area contributed by atoms with Crippen LogP contribution in [0.1, 0.15) is 22.8 Å². The highest BCUT2D eigenvalue weighted by atomic mass is 19.4. The SMILES string of the molecule is CCNc1cc(Nc2ccc(C(=O)N3CCOCC3)c3c2OCO3)nc2[nH]cc(C(F)(F)F)c12.